The van der Waals surface area contributed by atoms with Crippen molar-refractivity contribution >= 4 is 35.1 Å². The molecular formula is C27H22N4O3. The fraction of sp³-hybridized carbons (Fsp3) is 0. The number of carbonyl (C=O) groups is 2. The number of hydrogen-bond acceptors (Lipinski definition) is 5. The Hall–Kier alpha value is -4.75. The Labute approximate surface area is 196 Å². The smallest absolute Gasteiger partial charge is 0.274 e. The summed E-state index contributed by atoms with van der Waals surface area (Å²) in [6.45, 7) is 0. The zero-order chi connectivity index (χ0) is 23.8. The van der Waals surface area contributed by atoms with Crippen LogP contribution in [0.5, 0.6) is 0 Å². The topological polar surface area (TPSA) is 94.0 Å². The predicted octanol–water partition coefficient (Wildman–Crippen LogP) is 5.04. The number of hydroxylamine groups is 1. The first-order valence-electron chi connectivity index (χ1n) is 10.5. The van der Waals surface area contributed by atoms with Crippen LogP contribution in [0, 0.1) is 0 Å². The van der Waals surface area contributed by atoms with Crippen LogP contribution in [0.4, 0.5) is 17.1 Å². The summed E-state index contributed by atoms with van der Waals surface area (Å²) in [6, 6.07) is 33.9. The molecule has 7 heteroatoms. The highest BCUT2D eigenvalue weighted by molar-refractivity contribution is 5.99. The van der Waals surface area contributed by atoms with Crippen molar-refractivity contribution in [1.82, 2.24) is 10.9 Å². The van der Waals surface area contributed by atoms with Gasteiger partial charge in [-0.2, -0.15) is 5.10 Å². The van der Waals surface area contributed by atoms with E-state index >= 15 is 0 Å². The van der Waals surface area contributed by atoms with Crippen LogP contribution in [0.1, 0.15) is 26.3 Å². The minimum absolute atomic E-state index is 0.163. The lowest BCUT2D eigenvalue weighted by Crippen LogP contribution is -2.21. The van der Waals surface area contributed by atoms with E-state index in [-0.39, 0.29) is 11.1 Å². The van der Waals surface area contributed by atoms with Crippen LogP contribution in [0.2, 0.25) is 0 Å². The maximum atomic E-state index is 12.3. The zero-order valence-corrected chi connectivity index (χ0v) is 18.1. The summed E-state index contributed by atoms with van der Waals surface area (Å²) in [5.41, 5.74) is 8.27. The Morgan fingerprint density at radius 3 is 1.76 bits per heavy atom. The van der Waals surface area contributed by atoms with Crippen LogP contribution >= 0.6 is 0 Å². The van der Waals surface area contributed by atoms with E-state index in [1.807, 2.05) is 60.7 Å². The Morgan fingerprint density at radius 2 is 1.21 bits per heavy atom. The second-order valence-corrected chi connectivity index (χ2v) is 7.32. The van der Waals surface area contributed by atoms with Gasteiger partial charge < -0.3 is 4.90 Å². The molecule has 0 bridgehead atoms. The van der Waals surface area contributed by atoms with Gasteiger partial charge in [-0.1, -0.05) is 54.6 Å². The van der Waals surface area contributed by atoms with E-state index in [4.69, 9.17) is 5.21 Å². The predicted molar refractivity (Wildman–Crippen MR) is 132 cm³/mol. The number of nitrogens with one attached hydrogen (secondary N) is 2. The van der Waals surface area contributed by atoms with Gasteiger partial charge in [-0.3, -0.25) is 14.8 Å². The maximum absolute atomic E-state index is 12.3. The monoisotopic (exact) mass is 450 g/mol. The highest BCUT2D eigenvalue weighted by Crippen LogP contribution is 2.33. The number of nitrogens with zero attached hydrogens (tertiary/aromatic N) is 2. The van der Waals surface area contributed by atoms with Crippen LogP contribution in [-0.2, 0) is 0 Å². The van der Waals surface area contributed by atoms with Crippen molar-refractivity contribution in [3.05, 3.63) is 126 Å². The summed E-state index contributed by atoms with van der Waals surface area (Å²) in [7, 11) is 0. The Kier molecular flexibility index (Phi) is 7.07. The largest absolute Gasteiger partial charge is 0.311 e. The molecule has 0 unspecified atom stereocenters. The van der Waals surface area contributed by atoms with Gasteiger partial charge >= 0.3 is 0 Å². The van der Waals surface area contributed by atoms with Crippen molar-refractivity contribution in [3.63, 3.8) is 0 Å². The van der Waals surface area contributed by atoms with Gasteiger partial charge in [-0.15, -0.1) is 0 Å². The Balaban J connectivity index is 1.48. The summed E-state index contributed by atoms with van der Waals surface area (Å²) < 4.78 is 0. The number of rotatable bonds is 7. The molecule has 3 N–H and O–H groups in total. The number of para-hydroxylation sites is 2. The van der Waals surface area contributed by atoms with Gasteiger partial charge in [-0.25, -0.2) is 10.9 Å². The third kappa shape index (κ3) is 5.35. The molecule has 2 amide bonds. The number of carbonyl (C=O) groups excluding carboxylic acids is 2. The molecule has 4 aromatic carbocycles. The fourth-order valence-electron chi connectivity index (χ4n) is 3.41. The lowest BCUT2D eigenvalue weighted by Gasteiger charge is -2.25. The van der Waals surface area contributed by atoms with E-state index in [0.717, 1.165) is 22.6 Å². The summed E-state index contributed by atoms with van der Waals surface area (Å²) in [5, 5.41) is 12.8. The second-order valence-electron chi connectivity index (χ2n) is 7.32. The van der Waals surface area contributed by atoms with E-state index in [1.54, 1.807) is 23.8 Å². The molecule has 4 rings (SSSR count). The quantitative estimate of drug-likeness (QED) is 0.209. The third-order valence-corrected chi connectivity index (χ3v) is 5.05. The van der Waals surface area contributed by atoms with E-state index in [0.29, 0.717) is 0 Å². The highest BCUT2D eigenvalue weighted by Gasteiger charge is 2.12. The number of benzene rings is 4. The molecule has 0 aliphatic heterocycles. The third-order valence-electron chi connectivity index (χ3n) is 5.05. The molecule has 4 aromatic rings. The van der Waals surface area contributed by atoms with Crippen LogP contribution in [0.25, 0.3) is 0 Å². The summed E-state index contributed by atoms with van der Waals surface area (Å²) in [4.78, 5) is 26.0. The molecule has 0 fully saturated rings. The van der Waals surface area contributed by atoms with Gasteiger partial charge in [0.1, 0.15) is 0 Å². The minimum atomic E-state index is -0.696. The molecule has 0 atom stereocenters. The van der Waals surface area contributed by atoms with Crippen molar-refractivity contribution in [2.75, 3.05) is 4.90 Å². The maximum Gasteiger partial charge on any atom is 0.274 e. The van der Waals surface area contributed by atoms with E-state index in [9.17, 15) is 9.59 Å². The van der Waals surface area contributed by atoms with E-state index in [1.165, 1.54) is 12.1 Å². The average Bonchev–Trinajstić information content (AvgIpc) is 2.90. The van der Waals surface area contributed by atoms with Crippen LogP contribution < -0.4 is 15.8 Å². The lowest BCUT2D eigenvalue weighted by molar-refractivity contribution is 0.0706. The lowest BCUT2D eigenvalue weighted by atomic mass is 10.1. The Bertz CT molecular complexity index is 1250. The van der Waals surface area contributed by atoms with Gasteiger partial charge in [0.2, 0.25) is 0 Å². The summed E-state index contributed by atoms with van der Waals surface area (Å²) in [6.07, 6.45) is 1.54. The molecule has 0 spiro atoms. The molecular weight excluding hydrogens is 428 g/mol. The molecule has 168 valence electrons. The molecule has 0 heterocycles. The number of anilines is 3. The number of amides is 2. The average molecular weight is 450 g/mol. The molecule has 0 aromatic heterocycles. The first-order valence-corrected chi connectivity index (χ1v) is 10.5. The molecule has 0 aliphatic carbocycles. The number of hydrazone groups is 1. The van der Waals surface area contributed by atoms with Gasteiger partial charge in [0, 0.05) is 28.2 Å². The second kappa shape index (κ2) is 10.7. The Morgan fingerprint density at radius 1 is 0.676 bits per heavy atom. The number of hydrogen-bond donors (Lipinski definition) is 3. The van der Waals surface area contributed by atoms with E-state index < -0.39 is 11.8 Å². The van der Waals surface area contributed by atoms with E-state index in [2.05, 4.69) is 39.7 Å². The van der Waals surface area contributed by atoms with Gasteiger partial charge in [0.25, 0.3) is 11.8 Å². The molecule has 34 heavy (non-hydrogen) atoms. The SMILES string of the molecule is O=C(NO)c1cccc(C(=O)N/N=C/c2ccc(N(c3ccccc3)c3ccccc3)cc2)c1. The van der Waals surface area contributed by atoms with Crippen molar-refractivity contribution in [3.8, 4) is 0 Å². The van der Waals surface area contributed by atoms with Gasteiger partial charge in [0.15, 0.2) is 0 Å². The van der Waals surface area contributed by atoms with Gasteiger partial charge in [-0.05, 0) is 60.2 Å². The van der Waals surface area contributed by atoms with Crippen molar-refractivity contribution in [2.24, 2.45) is 5.10 Å². The normalized spacial score (nSPS) is 10.6. The first-order chi connectivity index (χ1) is 16.7. The summed E-state index contributed by atoms with van der Waals surface area (Å²) >= 11 is 0. The highest BCUT2D eigenvalue weighted by atomic mass is 16.5. The molecule has 7 nitrogen and oxygen atoms in total. The summed E-state index contributed by atoms with van der Waals surface area (Å²) in [5.74, 6) is -1.17. The molecule has 0 saturated heterocycles. The van der Waals surface area contributed by atoms with Crippen LogP contribution in [0.15, 0.2) is 114 Å². The van der Waals surface area contributed by atoms with Crippen LogP contribution in [0.3, 0.4) is 0 Å². The molecule has 0 radical (unpaired) electrons. The van der Waals surface area contributed by atoms with Crippen molar-refractivity contribution in [1.29, 1.82) is 0 Å². The zero-order valence-electron chi connectivity index (χ0n) is 18.1. The minimum Gasteiger partial charge on any atom is -0.311 e. The van der Waals surface area contributed by atoms with Crippen molar-refractivity contribution < 1.29 is 14.8 Å². The van der Waals surface area contributed by atoms with Crippen molar-refractivity contribution in [2.45, 2.75) is 0 Å². The molecule has 0 saturated carbocycles. The fourth-order valence-corrected chi connectivity index (χ4v) is 3.41. The standard InChI is InChI=1S/C27H22N4O3/c32-26(21-8-7-9-22(18-21)27(33)30-34)29-28-19-20-14-16-25(17-15-20)31(23-10-3-1-4-11-23)24-12-5-2-6-13-24/h1-19,34H,(H,29,32)(H,30,33)/b28-19+. The van der Waals surface area contributed by atoms with Crippen LogP contribution in [-0.4, -0.2) is 23.2 Å². The first kappa shape index (κ1) is 22.4. The van der Waals surface area contributed by atoms with Gasteiger partial charge in [0.05, 0.1) is 6.21 Å². The molecule has 0 aliphatic rings.